The zero-order valence-corrected chi connectivity index (χ0v) is 13.6. The maximum absolute atomic E-state index is 13.8. The van der Waals surface area contributed by atoms with E-state index in [1.54, 1.807) is 0 Å². The Morgan fingerprint density at radius 2 is 2.25 bits per heavy atom. The third-order valence-corrected chi connectivity index (χ3v) is 4.53. The van der Waals surface area contributed by atoms with Crippen LogP contribution in [0, 0.1) is 16.4 Å². The van der Waals surface area contributed by atoms with Gasteiger partial charge in [0.2, 0.25) is 0 Å². The van der Waals surface area contributed by atoms with Crippen LogP contribution in [0.5, 0.6) is 0 Å². The van der Waals surface area contributed by atoms with E-state index in [4.69, 9.17) is 17.3 Å². The van der Waals surface area contributed by atoms with Crippen molar-refractivity contribution in [2.75, 3.05) is 6.54 Å². The van der Waals surface area contributed by atoms with Crippen molar-refractivity contribution >= 4 is 18.2 Å². The first-order chi connectivity index (χ1) is 11.4. The van der Waals surface area contributed by atoms with Crippen LogP contribution in [-0.4, -0.2) is 27.2 Å². The number of aromatic amines is 1. The van der Waals surface area contributed by atoms with Crippen LogP contribution >= 0.6 is 12.2 Å². The average molecular weight is 353 g/mol. The quantitative estimate of drug-likeness (QED) is 0.723. The second-order valence-corrected chi connectivity index (χ2v) is 6.30. The van der Waals surface area contributed by atoms with Gasteiger partial charge in [0.25, 0.3) is 0 Å². The van der Waals surface area contributed by atoms with Crippen molar-refractivity contribution in [2.45, 2.75) is 31.8 Å². The van der Waals surface area contributed by atoms with Gasteiger partial charge < -0.3 is 20.0 Å². The molecule has 1 aliphatic rings. The van der Waals surface area contributed by atoms with Crippen molar-refractivity contribution < 1.29 is 18.7 Å². The highest BCUT2D eigenvalue weighted by molar-refractivity contribution is 7.71. The highest BCUT2D eigenvalue weighted by Crippen LogP contribution is 2.31. The Balaban J connectivity index is 1.77. The van der Waals surface area contributed by atoms with Crippen molar-refractivity contribution in [3.8, 4) is 0 Å². The Labute approximate surface area is 142 Å². The minimum absolute atomic E-state index is 0.0238. The Kier molecular flexibility index (Phi) is 4.77. The summed E-state index contributed by atoms with van der Waals surface area (Å²) in [7, 11) is 0. The van der Waals surface area contributed by atoms with E-state index < -0.39 is 17.6 Å². The normalized spacial score (nSPS) is 16.8. The highest BCUT2D eigenvalue weighted by Gasteiger charge is 2.24. The maximum atomic E-state index is 13.8. The van der Waals surface area contributed by atoms with E-state index in [9.17, 15) is 13.6 Å². The number of carboxylic acid groups (broad SMARTS) is 1. The monoisotopic (exact) mass is 353 g/mol. The van der Waals surface area contributed by atoms with Crippen LogP contribution in [0.25, 0.3) is 0 Å². The van der Waals surface area contributed by atoms with E-state index >= 15 is 0 Å². The van der Waals surface area contributed by atoms with Gasteiger partial charge in [0.15, 0.2) is 4.77 Å². The summed E-state index contributed by atoms with van der Waals surface area (Å²) < 4.78 is 29.7. The maximum Gasteiger partial charge on any atom is 0.317 e. The predicted octanol–water partition coefficient (Wildman–Crippen LogP) is 2.73. The molecule has 5 nitrogen and oxygen atoms in total. The molecule has 128 valence electrons. The van der Waals surface area contributed by atoms with Crippen molar-refractivity contribution in [1.29, 1.82) is 0 Å². The SMILES string of the molecule is O=C(O)CNCc1cn([C@H]2CCc3c(F)cc(F)cc3C2)c(=S)[nH]1. The minimum atomic E-state index is -0.930. The molecule has 3 N–H and O–H groups in total. The van der Waals surface area contributed by atoms with Crippen molar-refractivity contribution in [1.82, 2.24) is 14.9 Å². The molecule has 0 amide bonds. The van der Waals surface area contributed by atoms with Crippen LogP contribution in [0.15, 0.2) is 18.3 Å². The molecule has 0 bridgehead atoms. The topological polar surface area (TPSA) is 70.0 Å². The summed E-state index contributed by atoms with van der Waals surface area (Å²) >= 11 is 5.32. The summed E-state index contributed by atoms with van der Waals surface area (Å²) in [6, 6.07) is 2.33. The molecule has 0 saturated carbocycles. The molecule has 1 aromatic heterocycles. The standard InChI is InChI=1S/C16H17F2N3O2S/c17-10-3-9-4-12(1-2-13(9)14(18)5-10)21-8-11(20-16(21)24)6-19-7-15(22)23/h3,5,8,12,19H,1-2,4,6-7H2,(H,20,24)(H,22,23)/t12-/m0/s1. The zero-order valence-electron chi connectivity index (χ0n) is 12.8. The van der Waals surface area contributed by atoms with Crippen LogP contribution in [0.4, 0.5) is 8.78 Å². The molecule has 24 heavy (non-hydrogen) atoms. The fraction of sp³-hybridized carbons (Fsp3) is 0.375. The van der Waals surface area contributed by atoms with Crippen LogP contribution in [0.2, 0.25) is 0 Å². The molecule has 0 unspecified atom stereocenters. The summed E-state index contributed by atoms with van der Waals surface area (Å²) in [5.41, 5.74) is 2.04. The molecule has 1 atom stereocenters. The lowest BCUT2D eigenvalue weighted by Gasteiger charge is -2.26. The average Bonchev–Trinajstić information content (AvgIpc) is 2.87. The van der Waals surface area contributed by atoms with Gasteiger partial charge in [-0.3, -0.25) is 4.79 Å². The number of nitrogens with zero attached hydrogens (tertiary/aromatic N) is 1. The van der Waals surface area contributed by atoms with Crippen LogP contribution in [-0.2, 0) is 24.2 Å². The number of carbonyl (C=O) groups is 1. The van der Waals surface area contributed by atoms with Gasteiger partial charge in [-0.15, -0.1) is 0 Å². The van der Waals surface area contributed by atoms with E-state index in [1.165, 1.54) is 6.07 Å². The Hall–Kier alpha value is -2.06. The van der Waals surface area contributed by atoms with Crippen molar-refractivity contribution in [3.05, 3.63) is 51.6 Å². The van der Waals surface area contributed by atoms with Gasteiger partial charge in [-0.2, -0.15) is 0 Å². The number of benzene rings is 1. The number of H-pyrrole nitrogens is 1. The number of fused-ring (bicyclic) bond motifs is 1. The molecule has 3 rings (SSSR count). The number of carboxylic acids is 1. The third kappa shape index (κ3) is 3.54. The molecule has 0 spiro atoms. The second kappa shape index (κ2) is 6.82. The number of hydrogen-bond donors (Lipinski definition) is 3. The van der Waals surface area contributed by atoms with E-state index in [1.807, 2.05) is 10.8 Å². The molecule has 0 fully saturated rings. The predicted molar refractivity (Wildman–Crippen MR) is 86.4 cm³/mol. The number of hydrogen-bond acceptors (Lipinski definition) is 3. The number of halogens is 2. The Bertz CT molecular complexity index is 831. The fourth-order valence-corrected chi connectivity index (χ4v) is 3.48. The van der Waals surface area contributed by atoms with Gasteiger partial charge in [0, 0.05) is 30.5 Å². The lowest BCUT2D eigenvalue weighted by molar-refractivity contribution is -0.136. The number of aliphatic carboxylic acids is 1. The molecule has 2 aromatic rings. The summed E-state index contributed by atoms with van der Waals surface area (Å²) in [4.78, 5) is 13.6. The molecule has 1 heterocycles. The van der Waals surface area contributed by atoms with Crippen LogP contribution in [0.1, 0.15) is 29.3 Å². The number of rotatable bonds is 5. The number of aromatic nitrogens is 2. The highest BCUT2D eigenvalue weighted by atomic mass is 32.1. The second-order valence-electron chi connectivity index (χ2n) is 5.91. The van der Waals surface area contributed by atoms with Crippen LogP contribution in [0.3, 0.4) is 0 Å². The van der Waals surface area contributed by atoms with E-state index in [0.717, 1.165) is 11.8 Å². The summed E-state index contributed by atoms with van der Waals surface area (Å²) in [6.45, 7) is 0.219. The van der Waals surface area contributed by atoms with Gasteiger partial charge in [0.1, 0.15) is 11.6 Å². The molecule has 0 saturated heterocycles. The zero-order chi connectivity index (χ0) is 17.3. The minimum Gasteiger partial charge on any atom is -0.480 e. The number of imidazole rings is 1. The van der Waals surface area contributed by atoms with E-state index in [0.29, 0.717) is 41.7 Å². The molecular weight excluding hydrogens is 336 g/mol. The fourth-order valence-electron chi connectivity index (χ4n) is 3.15. The first-order valence-electron chi connectivity index (χ1n) is 7.63. The van der Waals surface area contributed by atoms with Crippen molar-refractivity contribution in [2.24, 2.45) is 0 Å². The first kappa shape index (κ1) is 16.8. The van der Waals surface area contributed by atoms with Gasteiger partial charge in [-0.25, -0.2) is 8.78 Å². The third-order valence-electron chi connectivity index (χ3n) is 4.22. The Morgan fingerprint density at radius 3 is 3.00 bits per heavy atom. The molecule has 0 aliphatic heterocycles. The molecule has 1 aromatic carbocycles. The summed E-state index contributed by atoms with van der Waals surface area (Å²) in [5.74, 6) is -1.98. The van der Waals surface area contributed by atoms with E-state index in [-0.39, 0.29) is 12.6 Å². The number of nitrogens with one attached hydrogen (secondary N) is 2. The Morgan fingerprint density at radius 1 is 1.46 bits per heavy atom. The smallest absolute Gasteiger partial charge is 0.317 e. The van der Waals surface area contributed by atoms with Gasteiger partial charge in [-0.1, -0.05) is 0 Å². The van der Waals surface area contributed by atoms with Gasteiger partial charge in [-0.05, 0) is 48.7 Å². The first-order valence-corrected chi connectivity index (χ1v) is 8.04. The molecule has 0 radical (unpaired) electrons. The summed E-state index contributed by atoms with van der Waals surface area (Å²) in [6.07, 6.45) is 3.59. The lowest BCUT2D eigenvalue weighted by Crippen LogP contribution is -2.22. The van der Waals surface area contributed by atoms with E-state index in [2.05, 4.69) is 10.3 Å². The van der Waals surface area contributed by atoms with Gasteiger partial charge in [0.05, 0.1) is 6.54 Å². The van der Waals surface area contributed by atoms with Crippen LogP contribution < -0.4 is 5.32 Å². The van der Waals surface area contributed by atoms with Crippen molar-refractivity contribution in [3.63, 3.8) is 0 Å². The molecule has 8 heteroatoms. The molecular formula is C16H17F2N3O2S. The summed E-state index contributed by atoms with van der Waals surface area (Å²) in [5, 5.41) is 11.4. The van der Waals surface area contributed by atoms with Gasteiger partial charge >= 0.3 is 5.97 Å². The lowest BCUT2D eigenvalue weighted by atomic mass is 9.87. The largest absolute Gasteiger partial charge is 0.480 e. The molecule has 1 aliphatic carbocycles.